The summed E-state index contributed by atoms with van der Waals surface area (Å²) in [6.07, 6.45) is 4.27. The van der Waals surface area contributed by atoms with Crippen molar-refractivity contribution in [3.05, 3.63) is 0 Å². The Balaban J connectivity index is 1.46. The molecule has 3 nitrogen and oxygen atoms in total. The third kappa shape index (κ3) is 1.81. The SMILES string of the molecule is C1CNCCN(C2CN(C3CC3)C2)C1. The van der Waals surface area contributed by atoms with Gasteiger partial charge >= 0.3 is 0 Å². The molecule has 2 heterocycles. The first-order chi connectivity index (χ1) is 6.93. The number of hydrogen-bond acceptors (Lipinski definition) is 3. The van der Waals surface area contributed by atoms with E-state index >= 15 is 0 Å². The number of rotatable bonds is 2. The van der Waals surface area contributed by atoms with Crippen molar-refractivity contribution < 1.29 is 0 Å². The van der Waals surface area contributed by atoms with E-state index in [-0.39, 0.29) is 0 Å². The minimum Gasteiger partial charge on any atom is -0.315 e. The molecule has 1 N–H and O–H groups in total. The van der Waals surface area contributed by atoms with Crippen molar-refractivity contribution in [1.29, 1.82) is 0 Å². The van der Waals surface area contributed by atoms with Crippen molar-refractivity contribution in [3.8, 4) is 0 Å². The van der Waals surface area contributed by atoms with Gasteiger partial charge in [-0.1, -0.05) is 0 Å². The average molecular weight is 195 g/mol. The van der Waals surface area contributed by atoms with Gasteiger partial charge in [-0.3, -0.25) is 9.80 Å². The van der Waals surface area contributed by atoms with Crippen LogP contribution in [-0.4, -0.2) is 61.2 Å². The molecule has 14 heavy (non-hydrogen) atoms. The van der Waals surface area contributed by atoms with Gasteiger partial charge in [-0.15, -0.1) is 0 Å². The molecule has 0 unspecified atom stereocenters. The van der Waals surface area contributed by atoms with Crippen LogP contribution in [0.2, 0.25) is 0 Å². The van der Waals surface area contributed by atoms with Crippen LogP contribution in [0, 0.1) is 0 Å². The zero-order valence-corrected chi connectivity index (χ0v) is 8.91. The molecule has 0 amide bonds. The number of likely N-dealkylation sites (tertiary alicyclic amines) is 1. The Labute approximate surface area is 86.4 Å². The third-order valence-electron chi connectivity index (χ3n) is 3.84. The predicted molar refractivity (Wildman–Crippen MR) is 57.4 cm³/mol. The van der Waals surface area contributed by atoms with Crippen molar-refractivity contribution >= 4 is 0 Å². The van der Waals surface area contributed by atoms with E-state index in [0.717, 1.165) is 12.1 Å². The Hall–Kier alpha value is -0.120. The normalized spacial score (nSPS) is 32.6. The largest absolute Gasteiger partial charge is 0.315 e. The quantitative estimate of drug-likeness (QED) is 0.675. The van der Waals surface area contributed by atoms with Crippen LogP contribution in [0.1, 0.15) is 19.3 Å². The summed E-state index contributed by atoms with van der Waals surface area (Å²) in [6, 6.07) is 1.87. The summed E-state index contributed by atoms with van der Waals surface area (Å²) in [5, 5.41) is 3.47. The lowest BCUT2D eigenvalue weighted by Crippen LogP contribution is -2.60. The summed E-state index contributed by atoms with van der Waals surface area (Å²) in [5.41, 5.74) is 0. The smallest absolute Gasteiger partial charge is 0.0351 e. The maximum Gasteiger partial charge on any atom is 0.0351 e. The standard InChI is InChI=1S/C11H21N3/c1-4-12-5-7-13(6-1)11-8-14(9-11)10-2-3-10/h10-12H,1-9H2. The van der Waals surface area contributed by atoms with Gasteiger partial charge in [0.1, 0.15) is 0 Å². The van der Waals surface area contributed by atoms with Crippen LogP contribution >= 0.6 is 0 Å². The summed E-state index contributed by atoms with van der Waals surface area (Å²) in [7, 11) is 0. The highest BCUT2D eigenvalue weighted by Gasteiger charge is 2.39. The number of nitrogens with zero attached hydrogens (tertiary/aromatic N) is 2. The second kappa shape index (κ2) is 3.80. The fourth-order valence-corrected chi connectivity index (χ4v) is 2.69. The first-order valence-electron chi connectivity index (χ1n) is 6.12. The first kappa shape index (κ1) is 9.13. The topological polar surface area (TPSA) is 18.5 Å². The molecule has 3 rings (SSSR count). The molecule has 80 valence electrons. The molecule has 0 aromatic heterocycles. The maximum absolute atomic E-state index is 3.47. The molecule has 0 atom stereocenters. The zero-order valence-electron chi connectivity index (χ0n) is 8.91. The van der Waals surface area contributed by atoms with Crippen LogP contribution in [0.4, 0.5) is 0 Å². The van der Waals surface area contributed by atoms with Gasteiger partial charge in [0, 0.05) is 38.3 Å². The molecule has 1 saturated carbocycles. The Morgan fingerprint density at radius 1 is 0.857 bits per heavy atom. The number of nitrogens with one attached hydrogen (secondary N) is 1. The summed E-state index contributed by atoms with van der Waals surface area (Å²) in [5.74, 6) is 0. The van der Waals surface area contributed by atoms with E-state index in [9.17, 15) is 0 Å². The second-order valence-electron chi connectivity index (χ2n) is 4.98. The highest BCUT2D eigenvalue weighted by Crippen LogP contribution is 2.32. The van der Waals surface area contributed by atoms with Crippen molar-refractivity contribution in [3.63, 3.8) is 0 Å². The monoisotopic (exact) mass is 195 g/mol. The molecule has 0 bridgehead atoms. The van der Waals surface area contributed by atoms with Crippen LogP contribution in [0.5, 0.6) is 0 Å². The van der Waals surface area contributed by atoms with Gasteiger partial charge in [0.25, 0.3) is 0 Å². The lowest BCUT2D eigenvalue weighted by Gasteiger charge is -2.45. The Morgan fingerprint density at radius 2 is 1.71 bits per heavy atom. The lowest BCUT2D eigenvalue weighted by atomic mass is 10.1. The van der Waals surface area contributed by atoms with Crippen molar-refractivity contribution in [2.75, 3.05) is 39.3 Å². The molecule has 2 saturated heterocycles. The minimum atomic E-state index is 0.885. The van der Waals surface area contributed by atoms with Crippen LogP contribution in [0.15, 0.2) is 0 Å². The van der Waals surface area contributed by atoms with Crippen molar-refractivity contribution in [1.82, 2.24) is 15.1 Å². The third-order valence-corrected chi connectivity index (χ3v) is 3.84. The van der Waals surface area contributed by atoms with Crippen molar-refractivity contribution in [2.24, 2.45) is 0 Å². The fourth-order valence-electron chi connectivity index (χ4n) is 2.69. The predicted octanol–water partition coefficient (Wildman–Crippen LogP) is 0.128. The molecule has 0 aromatic rings. The molecule has 3 heteroatoms. The fraction of sp³-hybridized carbons (Fsp3) is 1.00. The molecule has 1 aliphatic carbocycles. The van der Waals surface area contributed by atoms with Gasteiger partial charge in [0.15, 0.2) is 0 Å². The van der Waals surface area contributed by atoms with Gasteiger partial charge in [-0.25, -0.2) is 0 Å². The first-order valence-corrected chi connectivity index (χ1v) is 6.12. The van der Waals surface area contributed by atoms with Crippen LogP contribution < -0.4 is 5.32 Å². The molecule has 3 fully saturated rings. The molecular weight excluding hydrogens is 174 g/mol. The highest BCUT2D eigenvalue weighted by molar-refractivity contribution is 4.97. The van der Waals surface area contributed by atoms with E-state index in [1.807, 2.05) is 0 Å². The molecule has 0 radical (unpaired) electrons. The summed E-state index contributed by atoms with van der Waals surface area (Å²) >= 11 is 0. The molecule has 2 aliphatic heterocycles. The van der Waals surface area contributed by atoms with Gasteiger partial charge in [-0.2, -0.15) is 0 Å². The Kier molecular flexibility index (Phi) is 2.48. The zero-order chi connectivity index (χ0) is 9.38. The maximum atomic E-state index is 3.47. The number of hydrogen-bond donors (Lipinski definition) is 1. The van der Waals surface area contributed by atoms with Crippen LogP contribution in [-0.2, 0) is 0 Å². The van der Waals surface area contributed by atoms with E-state index < -0.39 is 0 Å². The van der Waals surface area contributed by atoms with E-state index in [2.05, 4.69) is 15.1 Å². The second-order valence-corrected chi connectivity index (χ2v) is 4.98. The van der Waals surface area contributed by atoms with E-state index in [0.29, 0.717) is 0 Å². The van der Waals surface area contributed by atoms with E-state index in [1.54, 1.807) is 0 Å². The summed E-state index contributed by atoms with van der Waals surface area (Å²) in [6.45, 7) is 7.70. The van der Waals surface area contributed by atoms with Gasteiger partial charge in [0.2, 0.25) is 0 Å². The van der Waals surface area contributed by atoms with Gasteiger partial charge in [0.05, 0.1) is 0 Å². The van der Waals surface area contributed by atoms with E-state index in [4.69, 9.17) is 0 Å². The van der Waals surface area contributed by atoms with Crippen LogP contribution in [0.25, 0.3) is 0 Å². The summed E-state index contributed by atoms with van der Waals surface area (Å²) in [4.78, 5) is 5.36. The van der Waals surface area contributed by atoms with Gasteiger partial charge in [-0.05, 0) is 32.4 Å². The lowest BCUT2D eigenvalue weighted by molar-refractivity contribution is 0.0319. The Morgan fingerprint density at radius 3 is 2.50 bits per heavy atom. The highest BCUT2D eigenvalue weighted by atomic mass is 15.3. The van der Waals surface area contributed by atoms with Gasteiger partial charge < -0.3 is 5.32 Å². The minimum absolute atomic E-state index is 0.885. The molecule has 0 aromatic carbocycles. The van der Waals surface area contributed by atoms with Crippen molar-refractivity contribution in [2.45, 2.75) is 31.3 Å². The van der Waals surface area contributed by atoms with Crippen LogP contribution in [0.3, 0.4) is 0 Å². The molecule has 3 aliphatic rings. The molecular formula is C11H21N3. The Bertz CT molecular complexity index is 189. The average Bonchev–Trinajstić information content (AvgIpc) is 2.87. The van der Waals surface area contributed by atoms with E-state index in [1.165, 1.54) is 58.5 Å². The summed E-state index contributed by atoms with van der Waals surface area (Å²) < 4.78 is 0. The molecule has 0 spiro atoms.